The Bertz CT molecular complexity index is 807. The standard InChI is InChI=1S/C24H31N3O2/c1-19-6-9-25-17-23(19)24(28)27-10-7-21(8-11-27)16-20-2-4-22(5-3-20)18-26-12-14-29-15-13-26/h2-6,9,17,21H,7-8,10-16,18H2,1H3. The zero-order valence-corrected chi connectivity index (χ0v) is 17.3. The Morgan fingerprint density at radius 1 is 1.03 bits per heavy atom. The Labute approximate surface area is 173 Å². The van der Waals surface area contributed by atoms with Crippen molar-refractivity contribution >= 4 is 5.91 Å². The number of aromatic nitrogens is 1. The van der Waals surface area contributed by atoms with Gasteiger partial charge >= 0.3 is 0 Å². The maximum absolute atomic E-state index is 12.8. The van der Waals surface area contributed by atoms with Crippen molar-refractivity contribution in [2.45, 2.75) is 32.7 Å². The maximum Gasteiger partial charge on any atom is 0.255 e. The summed E-state index contributed by atoms with van der Waals surface area (Å²) in [6.45, 7) is 8.41. The molecule has 5 nitrogen and oxygen atoms in total. The molecule has 0 unspecified atom stereocenters. The maximum atomic E-state index is 12.8. The second-order valence-electron chi connectivity index (χ2n) is 8.34. The van der Waals surface area contributed by atoms with E-state index in [1.165, 1.54) is 11.1 Å². The van der Waals surface area contributed by atoms with Crippen LogP contribution in [0.25, 0.3) is 0 Å². The lowest BCUT2D eigenvalue weighted by molar-refractivity contribution is 0.0342. The van der Waals surface area contributed by atoms with E-state index in [9.17, 15) is 4.79 Å². The first-order chi connectivity index (χ1) is 14.2. The Balaban J connectivity index is 1.26. The van der Waals surface area contributed by atoms with Gasteiger partial charge < -0.3 is 9.64 Å². The summed E-state index contributed by atoms with van der Waals surface area (Å²) in [7, 11) is 0. The van der Waals surface area contributed by atoms with E-state index in [1.807, 2.05) is 17.9 Å². The van der Waals surface area contributed by atoms with Gasteiger partial charge in [-0.3, -0.25) is 14.7 Å². The smallest absolute Gasteiger partial charge is 0.255 e. The molecule has 5 heteroatoms. The number of carbonyl (C=O) groups excluding carboxylic acids is 1. The van der Waals surface area contributed by atoms with Crippen molar-refractivity contribution in [1.29, 1.82) is 0 Å². The molecule has 2 aromatic rings. The van der Waals surface area contributed by atoms with Crippen molar-refractivity contribution in [2.75, 3.05) is 39.4 Å². The fourth-order valence-corrected chi connectivity index (χ4v) is 4.33. The lowest BCUT2D eigenvalue weighted by Crippen LogP contribution is -2.39. The SMILES string of the molecule is Cc1ccncc1C(=O)N1CCC(Cc2ccc(CN3CCOCC3)cc2)CC1. The van der Waals surface area contributed by atoms with Crippen LogP contribution in [0, 0.1) is 12.8 Å². The summed E-state index contributed by atoms with van der Waals surface area (Å²) >= 11 is 0. The minimum absolute atomic E-state index is 0.126. The molecule has 2 aliphatic heterocycles. The van der Waals surface area contributed by atoms with Crippen LogP contribution in [0.1, 0.15) is 39.9 Å². The van der Waals surface area contributed by atoms with E-state index in [0.717, 1.165) is 76.3 Å². The lowest BCUT2D eigenvalue weighted by Gasteiger charge is -2.32. The highest BCUT2D eigenvalue weighted by atomic mass is 16.5. The number of rotatable bonds is 5. The monoisotopic (exact) mass is 393 g/mol. The van der Waals surface area contributed by atoms with Crippen LogP contribution >= 0.6 is 0 Å². The number of nitrogens with zero attached hydrogens (tertiary/aromatic N) is 3. The molecule has 2 aliphatic rings. The number of hydrogen-bond acceptors (Lipinski definition) is 4. The van der Waals surface area contributed by atoms with Crippen LogP contribution in [0.3, 0.4) is 0 Å². The highest BCUT2D eigenvalue weighted by Crippen LogP contribution is 2.24. The predicted octanol–water partition coefficient (Wildman–Crippen LogP) is 3.32. The molecule has 0 aliphatic carbocycles. The van der Waals surface area contributed by atoms with E-state index < -0.39 is 0 Å². The van der Waals surface area contributed by atoms with Crippen LogP contribution in [0.15, 0.2) is 42.7 Å². The van der Waals surface area contributed by atoms with Gasteiger partial charge in [0.15, 0.2) is 0 Å². The average Bonchev–Trinajstić information content (AvgIpc) is 2.76. The van der Waals surface area contributed by atoms with Crippen molar-refractivity contribution < 1.29 is 9.53 Å². The first-order valence-electron chi connectivity index (χ1n) is 10.8. The Hall–Kier alpha value is -2.24. The van der Waals surface area contributed by atoms with E-state index in [2.05, 4.69) is 34.1 Å². The van der Waals surface area contributed by atoms with Gasteiger partial charge in [0.25, 0.3) is 5.91 Å². The first kappa shape index (κ1) is 20.0. The molecule has 0 saturated carbocycles. The Morgan fingerprint density at radius 2 is 1.72 bits per heavy atom. The molecule has 1 amide bonds. The van der Waals surface area contributed by atoms with E-state index in [1.54, 1.807) is 12.4 Å². The molecular weight excluding hydrogens is 362 g/mol. The van der Waals surface area contributed by atoms with Gasteiger partial charge in [0, 0.05) is 45.1 Å². The summed E-state index contributed by atoms with van der Waals surface area (Å²) in [5.41, 5.74) is 4.53. The second-order valence-corrected chi connectivity index (χ2v) is 8.34. The average molecular weight is 394 g/mol. The van der Waals surface area contributed by atoms with Crippen molar-refractivity contribution in [3.05, 3.63) is 65.0 Å². The van der Waals surface area contributed by atoms with Crippen LogP contribution in [0.4, 0.5) is 0 Å². The molecule has 1 aromatic heterocycles. The molecule has 0 atom stereocenters. The third kappa shape index (κ3) is 5.22. The fraction of sp³-hybridized carbons (Fsp3) is 0.500. The predicted molar refractivity (Wildman–Crippen MR) is 114 cm³/mol. The van der Waals surface area contributed by atoms with Gasteiger partial charge in [-0.1, -0.05) is 24.3 Å². The van der Waals surface area contributed by atoms with E-state index in [4.69, 9.17) is 4.74 Å². The number of pyridine rings is 1. The largest absolute Gasteiger partial charge is 0.379 e. The minimum atomic E-state index is 0.126. The summed E-state index contributed by atoms with van der Waals surface area (Å²) in [6.07, 6.45) is 6.68. The van der Waals surface area contributed by atoms with Crippen LogP contribution in [-0.4, -0.2) is 60.1 Å². The summed E-state index contributed by atoms with van der Waals surface area (Å²) in [6, 6.07) is 11.0. The number of ether oxygens (including phenoxy) is 1. The van der Waals surface area contributed by atoms with Gasteiger partial charge in [-0.05, 0) is 54.9 Å². The summed E-state index contributed by atoms with van der Waals surface area (Å²) in [5.74, 6) is 0.778. The molecule has 154 valence electrons. The topological polar surface area (TPSA) is 45.7 Å². The van der Waals surface area contributed by atoms with Gasteiger partial charge in [0.05, 0.1) is 18.8 Å². The number of aryl methyl sites for hydroxylation is 1. The van der Waals surface area contributed by atoms with Crippen molar-refractivity contribution in [1.82, 2.24) is 14.8 Å². The number of piperidine rings is 1. The number of likely N-dealkylation sites (tertiary alicyclic amines) is 1. The van der Waals surface area contributed by atoms with Crippen molar-refractivity contribution in [3.63, 3.8) is 0 Å². The molecule has 2 fully saturated rings. The summed E-state index contributed by atoms with van der Waals surface area (Å²) in [4.78, 5) is 21.3. The van der Waals surface area contributed by atoms with Gasteiger partial charge in [-0.25, -0.2) is 0 Å². The van der Waals surface area contributed by atoms with Crippen LogP contribution in [-0.2, 0) is 17.7 Å². The van der Waals surface area contributed by atoms with Gasteiger partial charge in [0.2, 0.25) is 0 Å². The molecule has 0 radical (unpaired) electrons. The second kappa shape index (κ2) is 9.51. The van der Waals surface area contributed by atoms with E-state index in [-0.39, 0.29) is 5.91 Å². The molecule has 0 bridgehead atoms. The quantitative estimate of drug-likeness (QED) is 0.782. The minimum Gasteiger partial charge on any atom is -0.379 e. The first-order valence-corrected chi connectivity index (χ1v) is 10.8. The fourth-order valence-electron chi connectivity index (χ4n) is 4.33. The van der Waals surface area contributed by atoms with Gasteiger partial charge in [-0.15, -0.1) is 0 Å². The normalized spacial score (nSPS) is 18.7. The zero-order valence-electron chi connectivity index (χ0n) is 17.3. The van der Waals surface area contributed by atoms with Crippen molar-refractivity contribution in [3.8, 4) is 0 Å². The van der Waals surface area contributed by atoms with Crippen LogP contribution < -0.4 is 0 Å². The van der Waals surface area contributed by atoms with Gasteiger partial charge in [-0.2, -0.15) is 0 Å². The number of amides is 1. The summed E-state index contributed by atoms with van der Waals surface area (Å²) < 4.78 is 5.42. The lowest BCUT2D eigenvalue weighted by atomic mass is 9.89. The number of morpholine rings is 1. The van der Waals surface area contributed by atoms with Crippen LogP contribution in [0.2, 0.25) is 0 Å². The number of carbonyl (C=O) groups is 1. The molecule has 4 rings (SSSR count). The molecule has 29 heavy (non-hydrogen) atoms. The molecule has 1 aromatic carbocycles. The number of benzene rings is 1. The molecule has 3 heterocycles. The van der Waals surface area contributed by atoms with Crippen molar-refractivity contribution in [2.24, 2.45) is 5.92 Å². The third-order valence-electron chi connectivity index (χ3n) is 6.23. The van der Waals surface area contributed by atoms with E-state index >= 15 is 0 Å². The highest BCUT2D eigenvalue weighted by molar-refractivity contribution is 5.95. The Kier molecular flexibility index (Phi) is 6.57. The number of hydrogen-bond donors (Lipinski definition) is 0. The van der Waals surface area contributed by atoms with Crippen LogP contribution in [0.5, 0.6) is 0 Å². The molecule has 0 N–H and O–H groups in total. The van der Waals surface area contributed by atoms with E-state index in [0.29, 0.717) is 5.92 Å². The molecular formula is C24H31N3O2. The van der Waals surface area contributed by atoms with Gasteiger partial charge in [0.1, 0.15) is 0 Å². The zero-order chi connectivity index (χ0) is 20.1. The molecule has 0 spiro atoms. The summed E-state index contributed by atoms with van der Waals surface area (Å²) in [5, 5.41) is 0. The highest BCUT2D eigenvalue weighted by Gasteiger charge is 2.24. The molecule has 2 saturated heterocycles. The Morgan fingerprint density at radius 3 is 2.41 bits per heavy atom. The third-order valence-corrected chi connectivity index (χ3v) is 6.23.